The molecule has 8 nitrogen and oxygen atoms in total. The lowest BCUT2D eigenvalue weighted by molar-refractivity contribution is -0.117. The number of hydrogen-bond acceptors (Lipinski definition) is 6. The van der Waals surface area contributed by atoms with Crippen molar-refractivity contribution in [3.63, 3.8) is 0 Å². The number of amides is 1. The monoisotopic (exact) mass is 442 g/mol. The molecule has 1 atom stereocenters. The number of carbonyl (C=O) groups excluding carboxylic acids is 1. The van der Waals surface area contributed by atoms with Crippen LogP contribution in [-0.2, 0) is 14.8 Å². The second-order valence-electron chi connectivity index (χ2n) is 6.39. The van der Waals surface area contributed by atoms with Crippen LogP contribution in [0.15, 0.2) is 47.4 Å². The number of ether oxygens (including phenoxy) is 3. The summed E-state index contributed by atoms with van der Waals surface area (Å²) in [6.45, 7) is -0.692. The molecule has 30 heavy (non-hydrogen) atoms. The number of sulfonamides is 1. The number of hydrogen-bond donors (Lipinski definition) is 2. The molecule has 0 aromatic heterocycles. The lowest BCUT2D eigenvalue weighted by Gasteiger charge is -2.16. The van der Waals surface area contributed by atoms with Crippen LogP contribution < -0.4 is 24.2 Å². The molecule has 0 radical (unpaired) electrons. The first kappa shape index (κ1) is 21.8. The van der Waals surface area contributed by atoms with Crippen LogP contribution in [-0.4, -0.2) is 40.2 Å². The van der Waals surface area contributed by atoms with E-state index in [-0.39, 0.29) is 10.6 Å². The van der Waals surface area contributed by atoms with Crippen LogP contribution in [0.5, 0.6) is 17.2 Å². The molecule has 0 spiro atoms. The third-order valence-electron chi connectivity index (χ3n) is 4.10. The molecule has 1 unspecified atom stereocenters. The minimum absolute atomic E-state index is 0.0637. The molecule has 1 amide bonds. The molecule has 0 aliphatic carbocycles. The fourth-order valence-corrected chi connectivity index (χ4v) is 3.85. The molecule has 1 aliphatic heterocycles. The zero-order chi connectivity index (χ0) is 21.7. The maximum atomic E-state index is 12.6. The minimum Gasteiger partial charge on any atom is -0.490 e. The summed E-state index contributed by atoms with van der Waals surface area (Å²) in [5.74, 6) is 0.0803. The molecule has 0 bridgehead atoms. The number of fused-ring (bicyclic) bond motifs is 1. The van der Waals surface area contributed by atoms with Gasteiger partial charge < -0.3 is 19.5 Å². The summed E-state index contributed by atoms with van der Waals surface area (Å²) < 4.78 is 67.1. The normalized spacial score (nSPS) is 14.7. The first-order valence-electron chi connectivity index (χ1n) is 9.02. The Balaban J connectivity index is 1.64. The second-order valence-corrected chi connectivity index (χ2v) is 8.11. The van der Waals surface area contributed by atoms with Gasteiger partial charge in [0.1, 0.15) is 5.75 Å². The van der Waals surface area contributed by atoms with Crippen molar-refractivity contribution in [1.82, 2.24) is 4.72 Å². The highest BCUT2D eigenvalue weighted by molar-refractivity contribution is 7.89. The first-order valence-corrected chi connectivity index (χ1v) is 10.5. The fourth-order valence-electron chi connectivity index (χ4n) is 2.64. The summed E-state index contributed by atoms with van der Waals surface area (Å²) in [5.41, 5.74) is 0.295. The van der Waals surface area contributed by atoms with E-state index in [0.717, 1.165) is 0 Å². The molecule has 3 rings (SSSR count). The third-order valence-corrected chi connectivity index (χ3v) is 5.64. The fraction of sp³-hybridized carbons (Fsp3) is 0.316. The van der Waals surface area contributed by atoms with Crippen LogP contribution in [0.25, 0.3) is 0 Å². The molecular formula is C19H20F2N2O6S. The average Bonchev–Trinajstić information content (AvgIpc) is 2.93. The summed E-state index contributed by atoms with van der Waals surface area (Å²) in [7, 11) is -4.01. The van der Waals surface area contributed by atoms with Gasteiger partial charge in [-0.3, -0.25) is 4.79 Å². The van der Waals surface area contributed by atoms with Crippen molar-refractivity contribution in [2.24, 2.45) is 0 Å². The predicted octanol–water partition coefficient (Wildman–Crippen LogP) is 2.75. The topological polar surface area (TPSA) is 103 Å². The highest BCUT2D eigenvalue weighted by atomic mass is 32.2. The van der Waals surface area contributed by atoms with E-state index in [2.05, 4.69) is 14.8 Å². The van der Waals surface area contributed by atoms with Crippen LogP contribution in [0.3, 0.4) is 0 Å². The SMILES string of the molecule is CC(NS(=O)(=O)c1ccc2c(c1)OCCCO2)C(=O)Nc1ccc(OC(F)F)cc1. The second kappa shape index (κ2) is 9.26. The Morgan fingerprint density at radius 1 is 1.07 bits per heavy atom. The van der Waals surface area contributed by atoms with E-state index in [9.17, 15) is 22.0 Å². The number of anilines is 1. The van der Waals surface area contributed by atoms with Crippen LogP contribution in [0.1, 0.15) is 13.3 Å². The van der Waals surface area contributed by atoms with Crippen molar-refractivity contribution < 1.29 is 36.2 Å². The van der Waals surface area contributed by atoms with E-state index in [1.54, 1.807) is 0 Å². The molecule has 11 heteroatoms. The molecule has 2 N–H and O–H groups in total. The van der Waals surface area contributed by atoms with Gasteiger partial charge in [-0.25, -0.2) is 8.42 Å². The standard InChI is InChI=1S/C19H20F2N2O6S/c1-12(18(24)22-13-3-5-14(6-4-13)29-19(20)21)23-30(25,26)15-7-8-16-17(11-15)28-10-2-9-27-16/h3-8,11-12,19,23H,2,9-10H2,1H3,(H,22,24). The van der Waals surface area contributed by atoms with E-state index in [0.29, 0.717) is 36.8 Å². The van der Waals surface area contributed by atoms with E-state index in [1.807, 2.05) is 0 Å². The molecule has 162 valence electrons. The van der Waals surface area contributed by atoms with Crippen LogP contribution in [0, 0.1) is 0 Å². The van der Waals surface area contributed by atoms with Gasteiger partial charge in [-0.15, -0.1) is 0 Å². The third kappa shape index (κ3) is 5.57. The highest BCUT2D eigenvalue weighted by Crippen LogP contribution is 2.32. The number of carbonyl (C=O) groups is 1. The van der Waals surface area contributed by atoms with Crippen LogP contribution >= 0.6 is 0 Å². The molecule has 0 saturated heterocycles. The maximum Gasteiger partial charge on any atom is 0.387 e. The van der Waals surface area contributed by atoms with Gasteiger partial charge in [-0.1, -0.05) is 0 Å². The van der Waals surface area contributed by atoms with Crippen LogP contribution in [0.2, 0.25) is 0 Å². The zero-order valence-corrected chi connectivity index (χ0v) is 16.7. The van der Waals surface area contributed by atoms with Crippen molar-refractivity contribution in [1.29, 1.82) is 0 Å². The van der Waals surface area contributed by atoms with Gasteiger partial charge in [0.05, 0.1) is 24.2 Å². The molecular weight excluding hydrogens is 422 g/mol. The van der Waals surface area contributed by atoms with E-state index in [1.165, 1.54) is 49.4 Å². The summed E-state index contributed by atoms with van der Waals surface area (Å²) in [5, 5.41) is 2.50. The Morgan fingerprint density at radius 3 is 2.40 bits per heavy atom. The Bertz CT molecular complexity index is 999. The Kier molecular flexibility index (Phi) is 6.73. The number of nitrogens with one attached hydrogen (secondary N) is 2. The molecule has 0 fully saturated rings. The largest absolute Gasteiger partial charge is 0.490 e. The van der Waals surface area contributed by atoms with Gasteiger partial charge in [0, 0.05) is 18.2 Å². The maximum absolute atomic E-state index is 12.6. The summed E-state index contributed by atoms with van der Waals surface area (Å²) in [6, 6.07) is 8.34. The summed E-state index contributed by atoms with van der Waals surface area (Å²) in [4.78, 5) is 12.3. The Hall–Kier alpha value is -2.92. The number of rotatable bonds is 7. The van der Waals surface area contributed by atoms with Gasteiger partial charge in [0.15, 0.2) is 11.5 Å². The van der Waals surface area contributed by atoms with Crippen molar-refractivity contribution >= 4 is 21.6 Å². The Labute approximate surface area is 172 Å². The number of benzene rings is 2. The van der Waals surface area contributed by atoms with Gasteiger partial charge in [-0.2, -0.15) is 13.5 Å². The lowest BCUT2D eigenvalue weighted by Crippen LogP contribution is -2.41. The Morgan fingerprint density at radius 2 is 1.73 bits per heavy atom. The molecule has 1 heterocycles. The smallest absolute Gasteiger partial charge is 0.387 e. The van der Waals surface area contributed by atoms with Crippen molar-refractivity contribution in [2.75, 3.05) is 18.5 Å². The first-order chi connectivity index (χ1) is 14.2. The summed E-state index contributed by atoms with van der Waals surface area (Å²) in [6.07, 6.45) is 0.682. The van der Waals surface area contributed by atoms with E-state index >= 15 is 0 Å². The molecule has 2 aromatic rings. The van der Waals surface area contributed by atoms with Crippen molar-refractivity contribution in [3.05, 3.63) is 42.5 Å². The molecule has 2 aromatic carbocycles. The van der Waals surface area contributed by atoms with E-state index < -0.39 is 28.6 Å². The number of halogens is 2. The zero-order valence-electron chi connectivity index (χ0n) is 15.9. The minimum atomic E-state index is -4.01. The molecule has 0 saturated carbocycles. The van der Waals surface area contributed by atoms with E-state index in [4.69, 9.17) is 9.47 Å². The molecule has 1 aliphatic rings. The predicted molar refractivity (Wildman–Crippen MR) is 104 cm³/mol. The quantitative estimate of drug-likeness (QED) is 0.684. The number of alkyl halides is 2. The van der Waals surface area contributed by atoms with Crippen molar-refractivity contribution in [3.8, 4) is 17.2 Å². The van der Waals surface area contributed by atoms with Gasteiger partial charge in [-0.05, 0) is 43.3 Å². The van der Waals surface area contributed by atoms with Crippen LogP contribution in [0.4, 0.5) is 14.5 Å². The highest BCUT2D eigenvalue weighted by Gasteiger charge is 2.24. The average molecular weight is 442 g/mol. The summed E-state index contributed by atoms with van der Waals surface area (Å²) >= 11 is 0. The van der Waals surface area contributed by atoms with Gasteiger partial charge in [0.2, 0.25) is 15.9 Å². The lowest BCUT2D eigenvalue weighted by atomic mass is 10.2. The van der Waals surface area contributed by atoms with Crippen molar-refractivity contribution in [2.45, 2.75) is 30.9 Å². The van der Waals surface area contributed by atoms with Gasteiger partial charge >= 0.3 is 6.61 Å². The van der Waals surface area contributed by atoms with Gasteiger partial charge in [0.25, 0.3) is 0 Å².